The van der Waals surface area contributed by atoms with Crippen molar-refractivity contribution >= 4 is 46.2 Å². The summed E-state index contributed by atoms with van der Waals surface area (Å²) in [4.78, 5) is 25.4. The van der Waals surface area contributed by atoms with Gasteiger partial charge in [-0.25, -0.2) is 0 Å². The molecule has 0 saturated carbocycles. The number of thioether (sulfide) groups is 1. The van der Waals surface area contributed by atoms with Crippen molar-refractivity contribution in [3.05, 3.63) is 76.2 Å². The van der Waals surface area contributed by atoms with Gasteiger partial charge in [0.05, 0.1) is 10.5 Å². The Bertz CT molecular complexity index is 1060. The number of ether oxygens (including phenoxy) is 1. The normalized spacial score (nSPS) is 17.2. The van der Waals surface area contributed by atoms with E-state index in [-0.39, 0.29) is 15.6 Å². The molecule has 0 atom stereocenters. The van der Waals surface area contributed by atoms with Crippen molar-refractivity contribution in [3.63, 3.8) is 0 Å². The number of hydrogen-bond donors (Lipinski definition) is 2. The Labute approximate surface area is 170 Å². The SMILES string of the molecule is O=C(NN1C(=O)/C(=C/C2=Cc3ccccc3OC2)SC1=S)c1ccccc1O. The van der Waals surface area contributed by atoms with Crippen LogP contribution in [-0.2, 0) is 4.79 Å². The maximum absolute atomic E-state index is 12.7. The van der Waals surface area contributed by atoms with Gasteiger partial charge in [-0.1, -0.05) is 42.1 Å². The second-order valence-electron chi connectivity index (χ2n) is 6.02. The maximum Gasteiger partial charge on any atom is 0.285 e. The van der Waals surface area contributed by atoms with Crippen LogP contribution in [0.4, 0.5) is 0 Å². The quantitative estimate of drug-likeness (QED) is 0.597. The molecule has 0 spiro atoms. The summed E-state index contributed by atoms with van der Waals surface area (Å²) in [5.41, 5.74) is 4.26. The summed E-state index contributed by atoms with van der Waals surface area (Å²) in [6, 6.07) is 13.7. The van der Waals surface area contributed by atoms with Gasteiger partial charge in [-0.2, -0.15) is 5.01 Å². The lowest BCUT2D eigenvalue weighted by molar-refractivity contribution is -0.123. The summed E-state index contributed by atoms with van der Waals surface area (Å²) in [6.07, 6.45) is 3.66. The molecule has 140 valence electrons. The smallest absolute Gasteiger partial charge is 0.285 e. The number of para-hydroxylation sites is 2. The van der Waals surface area contributed by atoms with Gasteiger partial charge in [-0.05, 0) is 48.1 Å². The molecule has 0 radical (unpaired) electrons. The van der Waals surface area contributed by atoms with Crippen LogP contribution in [0.5, 0.6) is 11.5 Å². The van der Waals surface area contributed by atoms with Gasteiger partial charge in [-0.3, -0.25) is 15.0 Å². The highest BCUT2D eigenvalue weighted by molar-refractivity contribution is 8.26. The minimum atomic E-state index is -0.621. The number of fused-ring (bicyclic) bond motifs is 1. The molecule has 2 aliphatic heterocycles. The zero-order valence-electron chi connectivity index (χ0n) is 14.4. The first-order valence-electron chi connectivity index (χ1n) is 8.32. The van der Waals surface area contributed by atoms with E-state index in [4.69, 9.17) is 17.0 Å². The largest absolute Gasteiger partial charge is 0.507 e. The third kappa shape index (κ3) is 3.51. The van der Waals surface area contributed by atoms with Gasteiger partial charge >= 0.3 is 0 Å². The minimum Gasteiger partial charge on any atom is -0.507 e. The van der Waals surface area contributed by atoms with Crippen LogP contribution in [0.15, 0.2) is 65.1 Å². The number of hydrazine groups is 1. The van der Waals surface area contributed by atoms with Crippen LogP contribution in [0.2, 0.25) is 0 Å². The molecular weight excluding hydrogens is 396 g/mol. The fourth-order valence-corrected chi connectivity index (χ4v) is 3.97. The molecular formula is C20H14N2O4S2. The number of carbonyl (C=O) groups excluding carboxylic acids is 2. The molecule has 0 unspecified atom stereocenters. The van der Waals surface area contributed by atoms with Crippen molar-refractivity contribution in [2.24, 2.45) is 0 Å². The predicted molar refractivity (Wildman–Crippen MR) is 111 cm³/mol. The van der Waals surface area contributed by atoms with E-state index < -0.39 is 11.8 Å². The number of phenols is 1. The third-order valence-electron chi connectivity index (χ3n) is 4.13. The first-order chi connectivity index (χ1) is 13.5. The van der Waals surface area contributed by atoms with Crippen LogP contribution in [-0.4, -0.2) is 32.9 Å². The molecule has 0 aliphatic carbocycles. The lowest BCUT2D eigenvalue weighted by Crippen LogP contribution is -2.44. The van der Waals surface area contributed by atoms with Crippen LogP contribution in [0.25, 0.3) is 6.08 Å². The maximum atomic E-state index is 12.7. The van der Waals surface area contributed by atoms with Gasteiger partial charge in [0.1, 0.15) is 18.1 Å². The Morgan fingerprint density at radius 2 is 1.96 bits per heavy atom. The van der Waals surface area contributed by atoms with E-state index >= 15 is 0 Å². The van der Waals surface area contributed by atoms with Crippen molar-refractivity contribution < 1.29 is 19.4 Å². The number of nitrogens with zero attached hydrogens (tertiary/aromatic N) is 1. The number of hydrogen-bond acceptors (Lipinski definition) is 6. The summed E-state index contributed by atoms with van der Waals surface area (Å²) in [5.74, 6) is -0.436. The second kappa shape index (κ2) is 7.49. The van der Waals surface area contributed by atoms with Gasteiger partial charge in [0, 0.05) is 5.56 Å². The molecule has 28 heavy (non-hydrogen) atoms. The first-order valence-corrected chi connectivity index (χ1v) is 9.55. The number of nitrogens with one attached hydrogen (secondary N) is 1. The van der Waals surface area contributed by atoms with Crippen LogP contribution in [0.3, 0.4) is 0 Å². The molecule has 2 aromatic rings. The number of thiocarbonyl (C=S) groups is 1. The Morgan fingerprint density at radius 1 is 1.21 bits per heavy atom. The van der Waals surface area contributed by atoms with E-state index in [1.54, 1.807) is 18.2 Å². The number of aromatic hydroxyl groups is 1. The van der Waals surface area contributed by atoms with Crippen molar-refractivity contribution in [1.82, 2.24) is 10.4 Å². The minimum absolute atomic E-state index is 0.0560. The van der Waals surface area contributed by atoms with Crippen molar-refractivity contribution in [2.45, 2.75) is 0 Å². The molecule has 8 heteroatoms. The molecule has 2 N–H and O–H groups in total. The van der Waals surface area contributed by atoms with Gasteiger partial charge in [0.2, 0.25) is 0 Å². The average Bonchev–Trinajstić information content (AvgIpc) is 2.95. The topological polar surface area (TPSA) is 78.9 Å². The monoisotopic (exact) mass is 410 g/mol. The van der Waals surface area contributed by atoms with Gasteiger partial charge < -0.3 is 9.84 Å². The summed E-state index contributed by atoms with van der Waals surface area (Å²) in [7, 11) is 0. The molecule has 6 nitrogen and oxygen atoms in total. The zero-order chi connectivity index (χ0) is 19.7. The molecule has 1 fully saturated rings. The van der Waals surface area contributed by atoms with E-state index in [2.05, 4.69) is 5.43 Å². The number of amides is 2. The number of phenolic OH excluding ortho intramolecular Hbond substituents is 1. The van der Waals surface area contributed by atoms with Gasteiger partial charge in [0.25, 0.3) is 11.8 Å². The highest BCUT2D eigenvalue weighted by atomic mass is 32.2. The zero-order valence-corrected chi connectivity index (χ0v) is 16.0. The molecule has 2 aliphatic rings. The second-order valence-corrected chi connectivity index (χ2v) is 7.70. The summed E-state index contributed by atoms with van der Waals surface area (Å²) in [5, 5.41) is 10.8. The first kappa shape index (κ1) is 18.3. The molecule has 2 amide bonds. The van der Waals surface area contributed by atoms with Crippen LogP contribution in [0, 0.1) is 0 Å². The molecule has 0 aromatic heterocycles. The van der Waals surface area contributed by atoms with Crippen molar-refractivity contribution in [1.29, 1.82) is 0 Å². The lowest BCUT2D eigenvalue weighted by atomic mass is 10.1. The van der Waals surface area contributed by atoms with Gasteiger partial charge in [0.15, 0.2) is 4.32 Å². The fraction of sp³-hybridized carbons (Fsp3) is 0.0500. The summed E-state index contributed by atoms with van der Waals surface area (Å²) >= 11 is 6.32. The highest BCUT2D eigenvalue weighted by Crippen LogP contribution is 2.33. The lowest BCUT2D eigenvalue weighted by Gasteiger charge is -2.16. The number of rotatable bonds is 3. The Hall–Kier alpha value is -3.10. The van der Waals surface area contributed by atoms with E-state index in [1.807, 2.05) is 30.3 Å². The molecule has 2 heterocycles. The van der Waals surface area contributed by atoms with E-state index in [0.717, 1.165) is 33.7 Å². The molecule has 1 saturated heterocycles. The molecule has 0 bridgehead atoms. The van der Waals surface area contributed by atoms with Gasteiger partial charge in [-0.15, -0.1) is 0 Å². The third-order valence-corrected chi connectivity index (χ3v) is 5.43. The van der Waals surface area contributed by atoms with E-state index in [1.165, 1.54) is 12.1 Å². The van der Waals surface area contributed by atoms with Crippen molar-refractivity contribution in [3.8, 4) is 11.5 Å². The van der Waals surface area contributed by atoms with Crippen LogP contribution < -0.4 is 10.2 Å². The summed E-state index contributed by atoms with van der Waals surface area (Å²) in [6.45, 7) is 0.339. The average molecular weight is 410 g/mol. The predicted octanol–water partition coefficient (Wildman–Crippen LogP) is 3.26. The Balaban J connectivity index is 1.53. The summed E-state index contributed by atoms with van der Waals surface area (Å²) < 4.78 is 5.90. The van der Waals surface area contributed by atoms with Crippen LogP contribution in [0.1, 0.15) is 15.9 Å². The standard InChI is InChI=1S/C20H14N2O4S2/c23-15-7-3-2-6-14(15)18(24)21-22-19(25)17(28-20(22)27)10-12-9-13-5-1-4-8-16(13)26-11-12/h1-10,23H,11H2,(H,21,24)/b17-10-. The number of carbonyl (C=O) groups is 2. The Kier molecular flexibility index (Phi) is 4.89. The highest BCUT2D eigenvalue weighted by Gasteiger charge is 2.34. The number of benzene rings is 2. The van der Waals surface area contributed by atoms with Crippen molar-refractivity contribution in [2.75, 3.05) is 6.61 Å². The Morgan fingerprint density at radius 3 is 2.79 bits per heavy atom. The fourth-order valence-electron chi connectivity index (χ4n) is 2.78. The van der Waals surface area contributed by atoms with E-state index in [0.29, 0.717) is 11.5 Å². The van der Waals surface area contributed by atoms with Crippen LogP contribution >= 0.6 is 24.0 Å². The molecule has 2 aromatic carbocycles. The van der Waals surface area contributed by atoms with E-state index in [9.17, 15) is 14.7 Å². The molecule has 4 rings (SSSR count).